The molecular weight excluding hydrogens is 380 g/mol. The summed E-state index contributed by atoms with van der Waals surface area (Å²) in [6.07, 6.45) is 0. The largest absolute Gasteiger partial charge is 0.510 e. The third kappa shape index (κ3) is 3.83. The van der Waals surface area contributed by atoms with Crippen LogP contribution in [0.4, 0.5) is 0 Å². The van der Waals surface area contributed by atoms with Crippen molar-refractivity contribution in [3.05, 3.63) is 59.6 Å². The Balaban J connectivity index is 1.59. The quantitative estimate of drug-likeness (QED) is 0.579. The third-order valence-electron chi connectivity index (χ3n) is 4.86. The Morgan fingerprint density at radius 3 is 2.70 bits per heavy atom. The number of hydrogen-bond donors (Lipinski definition) is 3. The molecule has 0 atom stereocenters. The minimum atomic E-state index is -0.324. The minimum absolute atomic E-state index is 0.125. The molecule has 2 aromatic carbocycles. The van der Waals surface area contributed by atoms with Crippen LogP contribution in [0.3, 0.4) is 0 Å². The van der Waals surface area contributed by atoms with Gasteiger partial charge in [-0.25, -0.2) is 4.98 Å². The first-order valence-corrected chi connectivity index (χ1v) is 9.82. The maximum Gasteiger partial charge on any atom is 0.145 e. The first-order valence-electron chi connectivity index (χ1n) is 9.82. The molecule has 0 aliphatic carbocycles. The second kappa shape index (κ2) is 7.40. The second-order valence-electron chi connectivity index (χ2n) is 8.32. The van der Waals surface area contributed by atoms with Crippen LogP contribution in [0.2, 0.25) is 0 Å². The number of aliphatic hydroxyl groups excluding tert-OH is 1. The molecule has 0 radical (unpaired) electrons. The zero-order chi connectivity index (χ0) is 21.5. The van der Waals surface area contributed by atoms with Crippen LogP contribution < -0.4 is 9.47 Å². The first kappa shape index (κ1) is 19.8. The summed E-state index contributed by atoms with van der Waals surface area (Å²) in [7, 11) is 1.61. The highest BCUT2D eigenvalue weighted by molar-refractivity contribution is 6.23. The second-order valence-corrected chi connectivity index (χ2v) is 8.32. The first-order chi connectivity index (χ1) is 14.2. The van der Waals surface area contributed by atoms with Crippen molar-refractivity contribution in [2.45, 2.75) is 32.9 Å². The molecule has 0 saturated heterocycles. The van der Waals surface area contributed by atoms with Crippen LogP contribution in [0, 0.1) is 5.41 Å². The van der Waals surface area contributed by atoms with E-state index >= 15 is 0 Å². The van der Waals surface area contributed by atoms with Crippen molar-refractivity contribution in [2.24, 2.45) is 0 Å². The molecule has 3 N–H and O–H groups in total. The van der Waals surface area contributed by atoms with Gasteiger partial charge in [-0.1, -0.05) is 18.2 Å². The van der Waals surface area contributed by atoms with E-state index < -0.39 is 0 Å². The summed E-state index contributed by atoms with van der Waals surface area (Å²) in [6.45, 7) is 6.71. The van der Waals surface area contributed by atoms with Crippen LogP contribution in [-0.2, 0) is 6.54 Å². The lowest BCUT2D eigenvalue weighted by Gasteiger charge is -2.25. The Bertz CT molecular complexity index is 1140. The highest BCUT2D eigenvalue weighted by Gasteiger charge is 2.31. The Labute approximate surface area is 175 Å². The number of amidine groups is 1. The van der Waals surface area contributed by atoms with E-state index in [1.165, 1.54) is 0 Å². The monoisotopic (exact) mass is 406 g/mol. The van der Waals surface area contributed by atoms with Gasteiger partial charge in [0.05, 0.1) is 30.3 Å². The average molecular weight is 406 g/mol. The van der Waals surface area contributed by atoms with Gasteiger partial charge in [-0.05, 0) is 39.0 Å². The average Bonchev–Trinajstić information content (AvgIpc) is 3.21. The molecule has 156 valence electrons. The van der Waals surface area contributed by atoms with E-state index in [2.05, 4.69) is 9.97 Å². The topological polar surface area (TPSA) is 94.5 Å². The van der Waals surface area contributed by atoms with Gasteiger partial charge in [0.2, 0.25) is 0 Å². The summed E-state index contributed by atoms with van der Waals surface area (Å²) < 4.78 is 11.3. The van der Waals surface area contributed by atoms with E-state index in [4.69, 9.17) is 14.9 Å². The number of imidazole rings is 1. The zero-order valence-corrected chi connectivity index (χ0v) is 17.6. The summed E-state index contributed by atoms with van der Waals surface area (Å²) in [4.78, 5) is 9.56. The van der Waals surface area contributed by atoms with Crippen LogP contribution in [0.25, 0.3) is 16.6 Å². The number of aromatic amines is 1. The number of benzene rings is 2. The van der Waals surface area contributed by atoms with Crippen LogP contribution in [0.5, 0.6) is 11.5 Å². The van der Waals surface area contributed by atoms with Crippen molar-refractivity contribution in [1.82, 2.24) is 14.9 Å². The number of fused-ring (bicyclic) bond motifs is 1. The zero-order valence-electron chi connectivity index (χ0n) is 17.6. The third-order valence-corrected chi connectivity index (χ3v) is 4.86. The maximum absolute atomic E-state index is 10.6. The molecule has 0 amide bonds. The van der Waals surface area contributed by atoms with Gasteiger partial charge in [0.15, 0.2) is 0 Å². The number of methoxy groups -OCH3 is 1. The van der Waals surface area contributed by atoms with Crippen LogP contribution in [0.15, 0.2) is 48.2 Å². The predicted molar refractivity (Wildman–Crippen MR) is 117 cm³/mol. The fourth-order valence-corrected chi connectivity index (χ4v) is 3.52. The number of rotatable bonds is 5. The summed E-state index contributed by atoms with van der Waals surface area (Å²) in [6, 6.07) is 13.3. The molecule has 2 heterocycles. The summed E-state index contributed by atoms with van der Waals surface area (Å²) in [5.41, 5.74) is 2.59. The molecule has 30 heavy (non-hydrogen) atoms. The van der Waals surface area contributed by atoms with Crippen LogP contribution in [0.1, 0.15) is 32.2 Å². The highest BCUT2D eigenvalue weighted by atomic mass is 16.5. The Morgan fingerprint density at radius 1 is 1.20 bits per heavy atom. The molecular formula is C23H26N4O3. The van der Waals surface area contributed by atoms with Crippen LogP contribution >= 0.6 is 0 Å². The molecule has 1 aliphatic heterocycles. The van der Waals surface area contributed by atoms with Crippen molar-refractivity contribution < 1.29 is 14.6 Å². The number of nitrogens with one attached hydrogen (secondary N) is 2. The summed E-state index contributed by atoms with van der Waals surface area (Å²) in [5, 5.41) is 19.3. The molecule has 7 nitrogen and oxygen atoms in total. The molecule has 7 heteroatoms. The van der Waals surface area contributed by atoms with Gasteiger partial charge in [0.25, 0.3) is 0 Å². The Hall–Kier alpha value is -3.48. The smallest absolute Gasteiger partial charge is 0.145 e. The number of ether oxygens (including phenoxy) is 2. The van der Waals surface area contributed by atoms with Gasteiger partial charge < -0.3 is 24.5 Å². The SMILES string of the molecule is COc1ccc2nc(C3=C(O)CN(Cc4ccccc4OC(C)(C)C)C3=N)[nH]c2c1. The van der Waals surface area contributed by atoms with Gasteiger partial charge in [0.1, 0.15) is 34.5 Å². The van der Waals surface area contributed by atoms with E-state index in [-0.39, 0.29) is 23.7 Å². The number of para-hydroxylation sites is 1. The van der Waals surface area contributed by atoms with Gasteiger partial charge in [-0.2, -0.15) is 0 Å². The lowest BCUT2D eigenvalue weighted by molar-refractivity contribution is 0.128. The number of aromatic nitrogens is 2. The van der Waals surface area contributed by atoms with Gasteiger partial charge in [-0.3, -0.25) is 5.41 Å². The van der Waals surface area contributed by atoms with Gasteiger partial charge in [0, 0.05) is 18.2 Å². The lowest BCUT2D eigenvalue weighted by atomic mass is 10.1. The summed E-state index contributed by atoms with van der Waals surface area (Å²) in [5.74, 6) is 2.32. The Kier molecular flexibility index (Phi) is 4.89. The lowest BCUT2D eigenvalue weighted by Crippen LogP contribution is -2.28. The number of hydrogen-bond acceptors (Lipinski definition) is 5. The predicted octanol–water partition coefficient (Wildman–Crippen LogP) is 4.51. The Morgan fingerprint density at radius 2 is 1.97 bits per heavy atom. The molecule has 0 fully saturated rings. The van der Waals surface area contributed by atoms with Crippen LogP contribution in [-0.4, -0.2) is 45.1 Å². The van der Waals surface area contributed by atoms with Gasteiger partial charge >= 0.3 is 0 Å². The molecule has 0 bridgehead atoms. The van der Waals surface area contributed by atoms with E-state index in [1.807, 2.05) is 68.1 Å². The molecule has 0 saturated carbocycles. The molecule has 4 rings (SSSR count). The molecule has 1 aromatic heterocycles. The number of aliphatic hydroxyl groups is 1. The fraction of sp³-hybridized carbons (Fsp3) is 0.304. The number of nitrogens with zero attached hydrogens (tertiary/aromatic N) is 2. The summed E-state index contributed by atoms with van der Waals surface area (Å²) >= 11 is 0. The van der Waals surface area contributed by atoms with Crippen molar-refractivity contribution in [1.29, 1.82) is 5.41 Å². The van der Waals surface area contributed by atoms with E-state index in [0.29, 0.717) is 17.9 Å². The molecule has 0 unspecified atom stereocenters. The minimum Gasteiger partial charge on any atom is -0.510 e. The normalized spacial score (nSPS) is 14.7. The van der Waals surface area contributed by atoms with Gasteiger partial charge in [-0.15, -0.1) is 0 Å². The fourth-order valence-electron chi connectivity index (χ4n) is 3.52. The van der Waals surface area contributed by atoms with Crippen molar-refractivity contribution >= 4 is 22.4 Å². The molecule has 1 aliphatic rings. The maximum atomic E-state index is 10.6. The van der Waals surface area contributed by atoms with Crippen molar-refractivity contribution in [3.8, 4) is 11.5 Å². The molecule has 3 aromatic rings. The number of H-pyrrole nitrogens is 1. The van der Waals surface area contributed by atoms with E-state index in [9.17, 15) is 5.11 Å². The van der Waals surface area contributed by atoms with Crippen molar-refractivity contribution in [3.63, 3.8) is 0 Å². The molecule has 0 spiro atoms. The standard InChI is InChI=1S/C23H26N4O3/c1-23(2,3)30-19-8-6-5-7-14(19)12-27-13-18(28)20(21(27)24)22-25-16-10-9-15(29-4)11-17(16)26-22/h5-11,24,28H,12-13H2,1-4H3,(H,25,26). The highest BCUT2D eigenvalue weighted by Crippen LogP contribution is 2.31. The van der Waals surface area contributed by atoms with E-state index in [1.54, 1.807) is 7.11 Å². The van der Waals surface area contributed by atoms with Crippen molar-refractivity contribution in [2.75, 3.05) is 13.7 Å². The van der Waals surface area contributed by atoms with E-state index in [0.717, 1.165) is 28.1 Å².